The summed E-state index contributed by atoms with van der Waals surface area (Å²) in [4.78, 5) is 2.51. The monoisotopic (exact) mass is 292 g/mol. The zero-order valence-electron chi connectivity index (χ0n) is 13.3. The van der Waals surface area contributed by atoms with Crippen LogP contribution in [0.25, 0.3) is 0 Å². The van der Waals surface area contributed by atoms with Crippen molar-refractivity contribution in [1.82, 2.24) is 10.2 Å². The molecule has 0 amide bonds. The van der Waals surface area contributed by atoms with Gasteiger partial charge in [-0.1, -0.05) is 13.0 Å². The quantitative estimate of drug-likeness (QED) is 0.811. The second kappa shape index (κ2) is 8.25. The lowest BCUT2D eigenvalue weighted by molar-refractivity contribution is 0.198. The van der Waals surface area contributed by atoms with Crippen molar-refractivity contribution >= 4 is 0 Å². The molecule has 1 aromatic rings. The highest BCUT2D eigenvalue weighted by Gasteiger charge is 2.17. The summed E-state index contributed by atoms with van der Waals surface area (Å²) in [5.41, 5.74) is 1.15. The Kier molecular flexibility index (Phi) is 6.33. The molecular formula is C17H28N2O2. The standard InChI is InChI=1S/C17H28N2O2/c1-3-10-19(12-14-6-8-18-9-7-14)13-15-4-5-17(21-2)16(20)11-15/h4-5,11,14,18,20H,3,6-10,12-13H2,1-2H3. The first-order valence-electron chi connectivity index (χ1n) is 8.02. The number of benzene rings is 1. The lowest BCUT2D eigenvalue weighted by Crippen LogP contribution is -2.36. The number of ether oxygens (including phenoxy) is 1. The highest BCUT2D eigenvalue weighted by atomic mass is 16.5. The van der Waals surface area contributed by atoms with Crippen molar-refractivity contribution in [3.8, 4) is 11.5 Å². The van der Waals surface area contributed by atoms with Crippen LogP contribution >= 0.6 is 0 Å². The van der Waals surface area contributed by atoms with Gasteiger partial charge in [0.15, 0.2) is 11.5 Å². The SMILES string of the molecule is CCCN(Cc1ccc(OC)c(O)c1)CC1CCNCC1. The van der Waals surface area contributed by atoms with Crippen molar-refractivity contribution in [3.63, 3.8) is 0 Å². The molecule has 0 radical (unpaired) electrons. The van der Waals surface area contributed by atoms with E-state index in [4.69, 9.17) is 4.74 Å². The fraction of sp³-hybridized carbons (Fsp3) is 0.647. The summed E-state index contributed by atoms with van der Waals surface area (Å²) < 4.78 is 5.10. The molecule has 1 heterocycles. The third-order valence-corrected chi connectivity index (χ3v) is 4.16. The minimum Gasteiger partial charge on any atom is -0.504 e. The van der Waals surface area contributed by atoms with Crippen molar-refractivity contribution in [2.45, 2.75) is 32.7 Å². The zero-order valence-corrected chi connectivity index (χ0v) is 13.3. The van der Waals surface area contributed by atoms with Crippen LogP contribution in [0.3, 0.4) is 0 Å². The molecule has 4 nitrogen and oxygen atoms in total. The van der Waals surface area contributed by atoms with E-state index < -0.39 is 0 Å². The number of phenolic OH excluding ortho intramolecular Hbond substituents is 1. The van der Waals surface area contributed by atoms with Gasteiger partial charge in [0.05, 0.1) is 7.11 Å². The first-order valence-corrected chi connectivity index (χ1v) is 8.02. The molecule has 4 heteroatoms. The van der Waals surface area contributed by atoms with Gasteiger partial charge in [0.2, 0.25) is 0 Å². The molecular weight excluding hydrogens is 264 g/mol. The average Bonchev–Trinajstić information content (AvgIpc) is 2.49. The summed E-state index contributed by atoms with van der Waals surface area (Å²) in [6.45, 7) is 7.68. The van der Waals surface area contributed by atoms with Gasteiger partial charge in [-0.3, -0.25) is 4.90 Å². The summed E-state index contributed by atoms with van der Waals surface area (Å²) in [5.74, 6) is 1.57. The van der Waals surface area contributed by atoms with Crippen LogP contribution in [0.15, 0.2) is 18.2 Å². The van der Waals surface area contributed by atoms with Crippen LogP contribution in [0.4, 0.5) is 0 Å². The van der Waals surface area contributed by atoms with Gasteiger partial charge in [-0.25, -0.2) is 0 Å². The molecule has 2 rings (SSSR count). The highest BCUT2D eigenvalue weighted by Crippen LogP contribution is 2.27. The summed E-state index contributed by atoms with van der Waals surface area (Å²) in [6.07, 6.45) is 3.70. The van der Waals surface area contributed by atoms with Crippen LogP contribution in [0.2, 0.25) is 0 Å². The van der Waals surface area contributed by atoms with Crippen molar-refractivity contribution in [3.05, 3.63) is 23.8 Å². The molecule has 1 aliphatic heterocycles. The average molecular weight is 292 g/mol. The molecule has 2 N–H and O–H groups in total. The maximum atomic E-state index is 9.90. The molecule has 1 fully saturated rings. The molecule has 118 valence electrons. The fourth-order valence-electron chi connectivity index (χ4n) is 3.07. The molecule has 0 aromatic heterocycles. The Balaban J connectivity index is 1.96. The predicted octanol–water partition coefficient (Wildman–Crippen LogP) is 2.61. The van der Waals surface area contributed by atoms with E-state index in [1.54, 1.807) is 7.11 Å². The second-order valence-corrected chi connectivity index (χ2v) is 5.93. The van der Waals surface area contributed by atoms with Gasteiger partial charge >= 0.3 is 0 Å². The van der Waals surface area contributed by atoms with E-state index in [0.29, 0.717) is 5.75 Å². The number of aromatic hydroxyl groups is 1. The van der Waals surface area contributed by atoms with Crippen molar-refractivity contribution in [2.75, 3.05) is 33.3 Å². The number of piperidine rings is 1. The van der Waals surface area contributed by atoms with Gasteiger partial charge < -0.3 is 15.2 Å². The molecule has 0 unspecified atom stereocenters. The van der Waals surface area contributed by atoms with E-state index in [-0.39, 0.29) is 5.75 Å². The second-order valence-electron chi connectivity index (χ2n) is 5.93. The first kappa shape index (κ1) is 16.1. The maximum Gasteiger partial charge on any atom is 0.160 e. The molecule has 0 saturated carbocycles. The molecule has 21 heavy (non-hydrogen) atoms. The minimum atomic E-state index is 0.230. The van der Waals surface area contributed by atoms with Gasteiger partial charge in [-0.05, 0) is 62.5 Å². The van der Waals surface area contributed by atoms with Gasteiger partial charge in [0, 0.05) is 13.1 Å². The highest BCUT2D eigenvalue weighted by molar-refractivity contribution is 5.41. The van der Waals surface area contributed by atoms with Gasteiger partial charge in [0.1, 0.15) is 0 Å². The lowest BCUT2D eigenvalue weighted by atomic mass is 9.97. The number of rotatable bonds is 7. The van der Waals surface area contributed by atoms with Crippen LogP contribution in [0.1, 0.15) is 31.7 Å². The van der Waals surface area contributed by atoms with Crippen LogP contribution in [0.5, 0.6) is 11.5 Å². The Hall–Kier alpha value is -1.26. The largest absolute Gasteiger partial charge is 0.504 e. The fourth-order valence-corrected chi connectivity index (χ4v) is 3.07. The molecule has 0 atom stereocenters. The topological polar surface area (TPSA) is 44.7 Å². The third-order valence-electron chi connectivity index (χ3n) is 4.16. The normalized spacial score (nSPS) is 16.3. The number of methoxy groups -OCH3 is 1. The van der Waals surface area contributed by atoms with Gasteiger partial charge in [0.25, 0.3) is 0 Å². The minimum absolute atomic E-state index is 0.230. The smallest absolute Gasteiger partial charge is 0.160 e. The number of nitrogens with zero attached hydrogens (tertiary/aromatic N) is 1. The Morgan fingerprint density at radius 1 is 1.33 bits per heavy atom. The van der Waals surface area contributed by atoms with Crippen molar-refractivity contribution in [2.24, 2.45) is 5.92 Å². The summed E-state index contributed by atoms with van der Waals surface area (Å²) in [6, 6.07) is 5.72. The van der Waals surface area contributed by atoms with Crippen LogP contribution < -0.4 is 10.1 Å². The van der Waals surface area contributed by atoms with E-state index in [1.807, 2.05) is 18.2 Å². The van der Waals surface area contributed by atoms with Crippen LogP contribution in [0, 0.1) is 5.92 Å². The number of phenols is 1. The van der Waals surface area contributed by atoms with Crippen molar-refractivity contribution in [1.29, 1.82) is 0 Å². The zero-order chi connectivity index (χ0) is 15.1. The maximum absolute atomic E-state index is 9.90. The Labute approximate surface area is 128 Å². The molecule has 1 aliphatic rings. The summed E-state index contributed by atoms with van der Waals surface area (Å²) in [5, 5.41) is 13.3. The Morgan fingerprint density at radius 2 is 2.10 bits per heavy atom. The molecule has 1 saturated heterocycles. The first-order chi connectivity index (χ1) is 10.2. The predicted molar refractivity (Wildman–Crippen MR) is 85.8 cm³/mol. The number of nitrogens with one attached hydrogen (secondary N) is 1. The molecule has 0 spiro atoms. The molecule has 0 aliphatic carbocycles. The Morgan fingerprint density at radius 3 is 2.71 bits per heavy atom. The van der Waals surface area contributed by atoms with Crippen molar-refractivity contribution < 1.29 is 9.84 Å². The molecule has 1 aromatic carbocycles. The lowest BCUT2D eigenvalue weighted by Gasteiger charge is -2.30. The van der Waals surface area contributed by atoms with E-state index in [0.717, 1.165) is 50.6 Å². The summed E-state index contributed by atoms with van der Waals surface area (Å²) in [7, 11) is 1.58. The Bertz CT molecular complexity index is 431. The summed E-state index contributed by atoms with van der Waals surface area (Å²) >= 11 is 0. The van der Waals surface area contributed by atoms with Crippen LogP contribution in [-0.4, -0.2) is 43.3 Å². The van der Waals surface area contributed by atoms with E-state index >= 15 is 0 Å². The van der Waals surface area contributed by atoms with E-state index in [1.165, 1.54) is 12.8 Å². The van der Waals surface area contributed by atoms with Gasteiger partial charge in [-0.15, -0.1) is 0 Å². The molecule has 0 bridgehead atoms. The number of hydrogen-bond donors (Lipinski definition) is 2. The third kappa shape index (κ3) is 4.90. The van der Waals surface area contributed by atoms with E-state index in [2.05, 4.69) is 17.1 Å². The van der Waals surface area contributed by atoms with E-state index in [9.17, 15) is 5.11 Å². The number of hydrogen-bond acceptors (Lipinski definition) is 4. The van der Waals surface area contributed by atoms with Crippen LogP contribution in [-0.2, 0) is 6.54 Å². The van der Waals surface area contributed by atoms with Gasteiger partial charge in [-0.2, -0.15) is 0 Å².